The maximum atomic E-state index is 12.3. The fourth-order valence-corrected chi connectivity index (χ4v) is 3.15. The molecule has 0 aliphatic rings. The summed E-state index contributed by atoms with van der Waals surface area (Å²) in [4.78, 5) is 12.3. The Kier molecular flexibility index (Phi) is 5.78. The van der Waals surface area contributed by atoms with Gasteiger partial charge in [-0.3, -0.25) is 14.2 Å². The first-order valence-electron chi connectivity index (χ1n) is 8.18. The third-order valence-electron chi connectivity index (χ3n) is 4.00. The number of nitrogens with zero attached hydrogens (tertiary/aromatic N) is 4. The Morgan fingerprint density at radius 3 is 2.81 bits per heavy atom. The number of rotatable bonds is 6. The highest BCUT2D eigenvalue weighted by Crippen LogP contribution is 2.19. The minimum absolute atomic E-state index is 0.0624. The molecule has 1 aromatic carbocycles. The van der Waals surface area contributed by atoms with Crippen LogP contribution in [0.1, 0.15) is 23.4 Å². The van der Waals surface area contributed by atoms with Crippen molar-refractivity contribution in [2.24, 2.45) is 0 Å². The molecule has 0 aliphatic carbocycles. The molecule has 6 nitrogen and oxygen atoms in total. The Hall–Kier alpha value is -2.12. The smallest absolute Gasteiger partial charge is 0.226 e. The van der Waals surface area contributed by atoms with Gasteiger partial charge in [-0.25, -0.2) is 0 Å². The third-order valence-corrected chi connectivity index (χ3v) is 4.96. The summed E-state index contributed by atoms with van der Waals surface area (Å²) in [5, 5.41) is 12.2. The van der Waals surface area contributed by atoms with Gasteiger partial charge in [-0.2, -0.15) is 10.2 Å². The number of benzene rings is 1. The highest BCUT2D eigenvalue weighted by molar-refractivity contribution is 9.10. The monoisotopic (exact) mass is 435 g/mol. The molecule has 0 fully saturated rings. The molecule has 0 saturated carbocycles. The summed E-state index contributed by atoms with van der Waals surface area (Å²) < 4.78 is 4.53. The van der Waals surface area contributed by atoms with E-state index in [9.17, 15) is 4.79 Å². The van der Waals surface area contributed by atoms with Crippen molar-refractivity contribution in [2.75, 3.05) is 5.32 Å². The first kappa shape index (κ1) is 18.7. The Labute approximate surface area is 165 Å². The van der Waals surface area contributed by atoms with Crippen molar-refractivity contribution in [3.63, 3.8) is 0 Å². The summed E-state index contributed by atoms with van der Waals surface area (Å²) in [7, 11) is 0. The molecule has 3 rings (SSSR count). The van der Waals surface area contributed by atoms with Crippen LogP contribution in [-0.4, -0.2) is 25.5 Å². The van der Waals surface area contributed by atoms with Gasteiger partial charge in [0.1, 0.15) is 0 Å². The van der Waals surface area contributed by atoms with Gasteiger partial charge in [0.2, 0.25) is 5.91 Å². The van der Waals surface area contributed by atoms with Crippen molar-refractivity contribution in [3.05, 3.63) is 63.1 Å². The van der Waals surface area contributed by atoms with Crippen LogP contribution in [0, 0.1) is 13.8 Å². The SMILES string of the molecule is Cc1nn(CCC(=O)Nc2cccc(Cn3cc(Br)cn3)c2)c(C)c1Cl. The number of hydrogen-bond acceptors (Lipinski definition) is 3. The van der Waals surface area contributed by atoms with Crippen LogP contribution >= 0.6 is 27.5 Å². The standard InChI is InChI=1S/C18H19BrClN5O/c1-12-18(20)13(2)25(23-12)7-6-17(26)22-16-5-3-4-14(8-16)10-24-11-15(19)9-21-24/h3-5,8-9,11H,6-7,10H2,1-2H3,(H,22,26). The molecule has 1 amide bonds. The molecule has 2 heterocycles. The van der Waals surface area contributed by atoms with E-state index in [1.54, 1.807) is 10.9 Å². The number of carbonyl (C=O) groups is 1. The number of amides is 1. The van der Waals surface area contributed by atoms with Gasteiger partial charge >= 0.3 is 0 Å². The second-order valence-electron chi connectivity index (χ2n) is 6.06. The van der Waals surface area contributed by atoms with Crippen LogP contribution in [0.5, 0.6) is 0 Å². The Bertz CT molecular complexity index is 934. The topological polar surface area (TPSA) is 64.7 Å². The summed E-state index contributed by atoms with van der Waals surface area (Å²) in [6.07, 6.45) is 3.98. The maximum absolute atomic E-state index is 12.3. The van der Waals surface area contributed by atoms with Gasteiger partial charge in [-0.15, -0.1) is 0 Å². The number of halogens is 2. The molecule has 8 heteroatoms. The van der Waals surface area contributed by atoms with Gasteiger partial charge in [0, 0.05) is 18.3 Å². The lowest BCUT2D eigenvalue weighted by molar-refractivity contribution is -0.116. The highest BCUT2D eigenvalue weighted by Gasteiger charge is 2.11. The Balaban J connectivity index is 1.58. The van der Waals surface area contributed by atoms with Gasteiger partial charge in [-0.05, 0) is 47.5 Å². The first-order chi connectivity index (χ1) is 12.4. The lowest BCUT2D eigenvalue weighted by Gasteiger charge is -2.09. The minimum atomic E-state index is -0.0624. The van der Waals surface area contributed by atoms with E-state index in [2.05, 4.69) is 31.4 Å². The molecule has 0 atom stereocenters. The lowest BCUT2D eigenvalue weighted by Crippen LogP contribution is -2.15. The van der Waals surface area contributed by atoms with E-state index in [0.29, 0.717) is 24.5 Å². The molecule has 0 saturated heterocycles. The number of aromatic nitrogens is 4. The fraction of sp³-hybridized carbons (Fsp3) is 0.278. The van der Waals surface area contributed by atoms with Crippen LogP contribution in [0.2, 0.25) is 5.02 Å². The summed E-state index contributed by atoms with van der Waals surface area (Å²) >= 11 is 9.52. The van der Waals surface area contributed by atoms with Crippen LogP contribution < -0.4 is 5.32 Å². The molecule has 0 radical (unpaired) electrons. The largest absolute Gasteiger partial charge is 0.326 e. The molecule has 2 aromatic heterocycles. The number of aryl methyl sites for hydroxylation is 2. The zero-order valence-electron chi connectivity index (χ0n) is 14.5. The minimum Gasteiger partial charge on any atom is -0.326 e. The molecule has 136 valence electrons. The van der Waals surface area contributed by atoms with E-state index < -0.39 is 0 Å². The highest BCUT2D eigenvalue weighted by atomic mass is 79.9. The van der Waals surface area contributed by atoms with Crippen molar-refractivity contribution < 1.29 is 4.79 Å². The molecule has 0 unspecified atom stereocenters. The Morgan fingerprint density at radius 2 is 2.15 bits per heavy atom. The predicted molar refractivity (Wildman–Crippen MR) is 105 cm³/mol. The number of hydrogen-bond donors (Lipinski definition) is 1. The van der Waals surface area contributed by atoms with Crippen LogP contribution in [0.15, 0.2) is 41.1 Å². The van der Waals surface area contributed by atoms with Gasteiger partial charge in [0.25, 0.3) is 0 Å². The van der Waals surface area contributed by atoms with E-state index in [0.717, 1.165) is 27.1 Å². The summed E-state index contributed by atoms with van der Waals surface area (Å²) in [6.45, 7) is 4.89. The summed E-state index contributed by atoms with van der Waals surface area (Å²) in [5.74, 6) is -0.0624. The van der Waals surface area contributed by atoms with E-state index in [-0.39, 0.29) is 5.91 Å². The average Bonchev–Trinajstić information content (AvgIpc) is 3.11. The van der Waals surface area contributed by atoms with Crippen LogP contribution in [-0.2, 0) is 17.9 Å². The van der Waals surface area contributed by atoms with Gasteiger partial charge in [-0.1, -0.05) is 23.7 Å². The molecule has 1 N–H and O–H groups in total. The van der Waals surface area contributed by atoms with Crippen molar-refractivity contribution in [2.45, 2.75) is 33.4 Å². The van der Waals surface area contributed by atoms with Gasteiger partial charge in [0.15, 0.2) is 0 Å². The summed E-state index contributed by atoms with van der Waals surface area (Å²) in [6, 6.07) is 7.75. The fourth-order valence-electron chi connectivity index (χ4n) is 2.68. The van der Waals surface area contributed by atoms with E-state index in [1.165, 1.54) is 0 Å². The molecular formula is C18H19BrClN5O. The average molecular weight is 437 g/mol. The van der Waals surface area contributed by atoms with Crippen molar-refractivity contribution >= 4 is 39.1 Å². The second-order valence-corrected chi connectivity index (χ2v) is 7.36. The molecule has 3 aromatic rings. The van der Waals surface area contributed by atoms with Crippen molar-refractivity contribution in [1.82, 2.24) is 19.6 Å². The van der Waals surface area contributed by atoms with Crippen molar-refractivity contribution in [3.8, 4) is 0 Å². The number of nitrogens with one attached hydrogen (secondary N) is 1. The van der Waals surface area contributed by atoms with Gasteiger partial charge < -0.3 is 5.32 Å². The maximum Gasteiger partial charge on any atom is 0.226 e. The predicted octanol–water partition coefficient (Wildman–Crippen LogP) is 4.19. The van der Waals surface area contributed by atoms with Gasteiger partial charge in [0.05, 0.1) is 40.2 Å². The molecule has 0 bridgehead atoms. The molecule has 0 spiro atoms. The van der Waals surface area contributed by atoms with E-state index in [1.807, 2.05) is 49.0 Å². The van der Waals surface area contributed by atoms with Crippen LogP contribution in [0.3, 0.4) is 0 Å². The van der Waals surface area contributed by atoms with E-state index in [4.69, 9.17) is 11.6 Å². The van der Waals surface area contributed by atoms with Crippen LogP contribution in [0.25, 0.3) is 0 Å². The quantitative estimate of drug-likeness (QED) is 0.630. The third kappa shape index (κ3) is 4.53. The van der Waals surface area contributed by atoms with Crippen LogP contribution in [0.4, 0.5) is 5.69 Å². The first-order valence-corrected chi connectivity index (χ1v) is 9.35. The van der Waals surface area contributed by atoms with E-state index >= 15 is 0 Å². The second kappa shape index (κ2) is 8.05. The molecular weight excluding hydrogens is 418 g/mol. The van der Waals surface area contributed by atoms with Crippen molar-refractivity contribution in [1.29, 1.82) is 0 Å². The number of carbonyl (C=O) groups excluding carboxylic acids is 1. The zero-order valence-corrected chi connectivity index (χ0v) is 16.9. The molecule has 26 heavy (non-hydrogen) atoms. The normalized spacial score (nSPS) is 10.9. The molecule has 0 aliphatic heterocycles. The lowest BCUT2D eigenvalue weighted by atomic mass is 10.2. The zero-order chi connectivity index (χ0) is 18.7. The number of anilines is 1. The Morgan fingerprint density at radius 1 is 1.35 bits per heavy atom. The summed E-state index contributed by atoms with van der Waals surface area (Å²) in [5.41, 5.74) is 3.49.